The van der Waals surface area contributed by atoms with Crippen LogP contribution in [-0.2, 0) is 65.4 Å². The largest absolute Gasteiger partial charge is 0.472 e. The first-order chi connectivity index (χ1) is 43.9. The van der Waals surface area contributed by atoms with Crippen LogP contribution in [-0.4, -0.2) is 96.7 Å². The smallest absolute Gasteiger partial charge is 0.462 e. The lowest BCUT2D eigenvalue weighted by molar-refractivity contribution is -0.161. The van der Waals surface area contributed by atoms with Crippen LogP contribution in [0.3, 0.4) is 0 Å². The van der Waals surface area contributed by atoms with Crippen molar-refractivity contribution in [3.63, 3.8) is 0 Å². The molecule has 0 aromatic rings. The molecule has 19 heteroatoms. The number of hydrogen-bond acceptors (Lipinski definition) is 15. The molecular weight excluding hydrogens is 1200 g/mol. The number of carbonyl (C=O) groups is 4. The number of phosphoric acid groups is 2. The van der Waals surface area contributed by atoms with Crippen LogP contribution in [0.25, 0.3) is 0 Å². The molecule has 17 nitrogen and oxygen atoms in total. The van der Waals surface area contributed by atoms with Crippen LogP contribution in [0.15, 0.2) is 0 Å². The zero-order valence-corrected chi connectivity index (χ0v) is 60.9. The van der Waals surface area contributed by atoms with E-state index in [1.165, 1.54) is 180 Å². The SMILES string of the molecule is CCCCCCCCCCCCCCCCCCCCCCCCC(=O)O[C@H](COC(=O)CCCCCCCCCCCC(C)C)COP(=O)(O)OC[C@@H](O)COP(=O)(O)OC[C@@H](COC(=O)CCCCCCC)OC(=O)CCCCCCCCCCCC(C)C. The Balaban J connectivity index is 5.09. The Morgan fingerprint density at radius 1 is 0.297 bits per heavy atom. The van der Waals surface area contributed by atoms with Crippen molar-refractivity contribution in [2.45, 2.75) is 387 Å². The van der Waals surface area contributed by atoms with E-state index in [0.29, 0.717) is 25.7 Å². The fourth-order valence-electron chi connectivity index (χ4n) is 10.9. The van der Waals surface area contributed by atoms with E-state index in [0.717, 1.165) is 108 Å². The minimum atomic E-state index is -4.95. The number of esters is 4. The van der Waals surface area contributed by atoms with Gasteiger partial charge in [0.2, 0.25) is 0 Å². The number of unbranched alkanes of at least 4 members (excludes halogenated alkanes) is 41. The molecule has 0 bridgehead atoms. The molecule has 0 aromatic heterocycles. The van der Waals surface area contributed by atoms with Crippen molar-refractivity contribution in [2.24, 2.45) is 11.8 Å². The summed E-state index contributed by atoms with van der Waals surface area (Å²) in [6.45, 7) is 9.42. The highest BCUT2D eigenvalue weighted by molar-refractivity contribution is 7.47. The van der Waals surface area contributed by atoms with Gasteiger partial charge in [0.1, 0.15) is 19.3 Å². The summed E-state index contributed by atoms with van der Waals surface area (Å²) in [5.74, 6) is -0.655. The Morgan fingerprint density at radius 2 is 0.505 bits per heavy atom. The summed E-state index contributed by atoms with van der Waals surface area (Å²) in [4.78, 5) is 72.3. The van der Waals surface area contributed by atoms with Gasteiger partial charge in [0.15, 0.2) is 12.2 Å². The van der Waals surface area contributed by atoms with Crippen molar-refractivity contribution in [3.05, 3.63) is 0 Å². The number of aliphatic hydroxyl groups is 1. The van der Waals surface area contributed by atoms with E-state index in [1.807, 2.05) is 0 Å². The maximum atomic E-state index is 13.0. The molecule has 0 aliphatic heterocycles. The number of phosphoric ester groups is 2. The Labute approximate surface area is 556 Å². The molecule has 0 saturated heterocycles. The van der Waals surface area contributed by atoms with E-state index >= 15 is 0 Å². The fraction of sp³-hybridized carbons (Fsp3) is 0.944. The lowest BCUT2D eigenvalue weighted by Gasteiger charge is -2.21. The zero-order valence-electron chi connectivity index (χ0n) is 59.1. The lowest BCUT2D eigenvalue weighted by atomic mass is 10.0. The second-order valence-electron chi connectivity index (χ2n) is 26.9. The number of carbonyl (C=O) groups excluding carboxylic acids is 4. The first kappa shape index (κ1) is 89.1. The molecule has 0 spiro atoms. The standard InChI is InChI=1S/C72H140O17P2/c1-7-9-11-13-14-15-16-17-18-19-20-21-22-23-24-25-26-27-32-38-44-50-56-71(76)89-68(61-83-70(75)55-49-43-37-33-28-30-35-41-46-52-64(3)4)63-87-91(80,81)85-59-66(73)58-84-90(78,79)86-62-67(60-82-69(74)54-48-40-12-10-8-2)88-72(77)57-51-45-39-34-29-31-36-42-47-53-65(5)6/h64-68,73H,7-63H2,1-6H3,(H,78,79)(H,80,81)/t66-,67+,68+/m0/s1. The topological polar surface area (TPSA) is 237 Å². The van der Waals surface area contributed by atoms with Gasteiger partial charge in [-0.05, 0) is 37.5 Å². The summed E-state index contributed by atoms with van der Waals surface area (Å²) >= 11 is 0. The van der Waals surface area contributed by atoms with Crippen molar-refractivity contribution < 1.29 is 80.2 Å². The van der Waals surface area contributed by atoms with Gasteiger partial charge in [-0.15, -0.1) is 0 Å². The van der Waals surface area contributed by atoms with Gasteiger partial charge >= 0.3 is 39.5 Å². The Hall–Kier alpha value is -1.94. The summed E-state index contributed by atoms with van der Waals surface area (Å²) in [7, 11) is -9.89. The zero-order chi connectivity index (χ0) is 67.2. The third kappa shape index (κ3) is 66.5. The molecule has 0 saturated carbocycles. The Bertz CT molecular complexity index is 1770. The Kier molecular flexibility index (Phi) is 62.7. The molecule has 0 amide bonds. The monoisotopic (exact) mass is 1340 g/mol. The fourth-order valence-corrected chi connectivity index (χ4v) is 12.5. The van der Waals surface area contributed by atoms with Crippen LogP contribution in [0.1, 0.15) is 369 Å². The van der Waals surface area contributed by atoms with Gasteiger partial charge in [-0.3, -0.25) is 37.3 Å². The van der Waals surface area contributed by atoms with E-state index < -0.39 is 97.5 Å². The molecule has 5 atom stereocenters. The van der Waals surface area contributed by atoms with Gasteiger partial charge in [-0.2, -0.15) is 0 Å². The highest BCUT2D eigenvalue weighted by Gasteiger charge is 2.30. The average molecular weight is 1340 g/mol. The van der Waals surface area contributed by atoms with Gasteiger partial charge in [-0.1, -0.05) is 318 Å². The van der Waals surface area contributed by atoms with Gasteiger partial charge in [0.05, 0.1) is 26.4 Å². The normalized spacial score (nSPS) is 14.1. The van der Waals surface area contributed by atoms with Crippen LogP contribution >= 0.6 is 15.6 Å². The third-order valence-corrected chi connectivity index (χ3v) is 18.6. The summed E-state index contributed by atoms with van der Waals surface area (Å²) in [6.07, 6.45) is 50.6. The van der Waals surface area contributed by atoms with Crippen molar-refractivity contribution >= 4 is 39.5 Å². The van der Waals surface area contributed by atoms with Crippen molar-refractivity contribution in [2.75, 3.05) is 39.6 Å². The van der Waals surface area contributed by atoms with Crippen molar-refractivity contribution in [1.82, 2.24) is 0 Å². The molecule has 0 fully saturated rings. The molecule has 0 heterocycles. The first-order valence-electron chi connectivity index (χ1n) is 37.5. The maximum Gasteiger partial charge on any atom is 0.472 e. The minimum absolute atomic E-state index is 0.104. The number of rotatable bonds is 71. The Morgan fingerprint density at radius 3 is 0.747 bits per heavy atom. The van der Waals surface area contributed by atoms with Gasteiger partial charge in [0.25, 0.3) is 0 Å². The van der Waals surface area contributed by atoms with Crippen molar-refractivity contribution in [3.8, 4) is 0 Å². The summed E-state index contributed by atoms with van der Waals surface area (Å²) in [6, 6.07) is 0. The average Bonchev–Trinajstić information content (AvgIpc) is 3.36. The van der Waals surface area contributed by atoms with Crippen LogP contribution in [0.4, 0.5) is 0 Å². The molecule has 0 aliphatic carbocycles. The highest BCUT2D eigenvalue weighted by atomic mass is 31.2. The predicted octanol–water partition coefficient (Wildman–Crippen LogP) is 20.8. The second kappa shape index (κ2) is 64.1. The van der Waals surface area contributed by atoms with Gasteiger partial charge in [-0.25, -0.2) is 9.13 Å². The molecule has 540 valence electrons. The second-order valence-corrected chi connectivity index (χ2v) is 29.8. The molecule has 0 rings (SSSR count). The van der Waals surface area contributed by atoms with Crippen LogP contribution < -0.4 is 0 Å². The molecule has 0 aromatic carbocycles. The number of aliphatic hydroxyl groups excluding tert-OH is 1. The molecule has 0 radical (unpaired) electrons. The quantitative estimate of drug-likeness (QED) is 0.0222. The molecule has 3 N–H and O–H groups in total. The summed E-state index contributed by atoms with van der Waals surface area (Å²) in [5, 5.41) is 10.6. The lowest BCUT2D eigenvalue weighted by Crippen LogP contribution is -2.30. The van der Waals surface area contributed by atoms with E-state index in [4.69, 9.17) is 37.0 Å². The van der Waals surface area contributed by atoms with Crippen LogP contribution in [0.2, 0.25) is 0 Å². The highest BCUT2D eigenvalue weighted by Crippen LogP contribution is 2.45. The number of ether oxygens (including phenoxy) is 4. The van der Waals surface area contributed by atoms with Gasteiger partial charge < -0.3 is 33.8 Å². The molecule has 0 aliphatic rings. The molecule has 2 unspecified atom stereocenters. The van der Waals surface area contributed by atoms with E-state index in [9.17, 15) is 43.2 Å². The van der Waals surface area contributed by atoms with E-state index in [2.05, 4.69) is 41.5 Å². The number of hydrogen-bond donors (Lipinski definition) is 3. The molecular formula is C72H140O17P2. The van der Waals surface area contributed by atoms with Crippen LogP contribution in [0, 0.1) is 11.8 Å². The minimum Gasteiger partial charge on any atom is -0.462 e. The van der Waals surface area contributed by atoms with Gasteiger partial charge in [0, 0.05) is 25.7 Å². The molecule has 91 heavy (non-hydrogen) atoms. The summed E-state index contributed by atoms with van der Waals surface area (Å²) in [5.41, 5.74) is 0. The van der Waals surface area contributed by atoms with E-state index in [1.54, 1.807) is 0 Å². The maximum absolute atomic E-state index is 13.0. The van der Waals surface area contributed by atoms with Crippen molar-refractivity contribution in [1.29, 1.82) is 0 Å². The first-order valence-corrected chi connectivity index (χ1v) is 40.5. The van der Waals surface area contributed by atoms with Crippen LogP contribution in [0.5, 0.6) is 0 Å². The summed E-state index contributed by atoms with van der Waals surface area (Å²) < 4.78 is 68.1. The predicted molar refractivity (Wildman–Crippen MR) is 368 cm³/mol. The van der Waals surface area contributed by atoms with E-state index in [-0.39, 0.29) is 25.7 Å². The third-order valence-electron chi connectivity index (χ3n) is 16.7.